The molecule has 0 atom stereocenters. The minimum absolute atomic E-state index is 0.00601. The number of halogens is 1. The third-order valence-electron chi connectivity index (χ3n) is 4.76. The number of nitrogens with zero attached hydrogens (tertiary/aromatic N) is 1. The number of sulfonamides is 1. The highest BCUT2D eigenvalue weighted by Crippen LogP contribution is 2.27. The first-order valence-corrected chi connectivity index (χ1v) is 13.6. The number of sulfone groups is 1. The van der Waals surface area contributed by atoms with Crippen molar-refractivity contribution in [3.63, 3.8) is 0 Å². The van der Waals surface area contributed by atoms with Crippen LogP contribution in [0.2, 0.25) is 0 Å². The largest absolute Gasteiger partial charge is 0.488 e. The van der Waals surface area contributed by atoms with Crippen molar-refractivity contribution in [2.75, 3.05) is 12.3 Å². The predicted octanol–water partition coefficient (Wildman–Crippen LogP) is 3.66. The quantitative estimate of drug-likeness (QED) is 0.507. The molecule has 0 bridgehead atoms. The summed E-state index contributed by atoms with van der Waals surface area (Å²) in [4.78, 5) is 0.0353. The molecule has 0 aliphatic heterocycles. The first-order chi connectivity index (χ1) is 15.4. The van der Waals surface area contributed by atoms with Crippen LogP contribution < -0.4 is 10.5 Å². The Bertz CT molecular complexity index is 1170. The van der Waals surface area contributed by atoms with Crippen LogP contribution in [0.5, 0.6) is 5.75 Å². The third kappa shape index (κ3) is 6.86. The van der Waals surface area contributed by atoms with Gasteiger partial charge in [0.2, 0.25) is 10.0 Å². The summed E-state index contributed by atoms with van der Waals surface area (Å²) in [6.45, 7) is 7.20. The number of ether oxygens (including phenoxy) is 1. The van der Waals surface area contributed by atoms with E-state index in [1.54, 1.807) is 18.2 Å². The molecule has 182 valence electrons. The number of nitrogens with two attached hydrogens (primary N) is 1. The second-order valence-electron chi connectivity index (χ2n) is 8.05. The summed E-state index contributed by atoms with van der Waals surface area (Å²) in [6, 6.07) is 11.8. The van der Waals surface area contributed by atoms with Crippen LogP contribution in [0, 0.1) is 0 Å². The molecule has 33 heavy (non-hydrogen) atoms. The van der Waals surface area contributed by atoms with E-state index < -0.39 is 31.4 Å². The van der Waals surface area contributed by atoms with Gasteiger partial charge in [0, 0.05) is 18.6 Å². The van der Waals surface area contributed by atoms with Crippen molar-refractivity contribution < 1.29 is 26.0 Å². The fraction of sp³-hybridized carbons (Fsp3) is 0.391. The monoisotopic (exact) mass is 498 g/mol. The number of benzene rings is 2. The minimum Gasteiger partial charge on any atom is -0.488 e. The molecule has 2 N–H and O–H groups in total. The van der Waals surface area contributed by atoms with Gasteiger partial charge in [0.05, 0.1) is 4.90 Å². The third-order valence-corrected chi connectivity index (χ3v) is 8.69. The van der Waals surface area contributed by atoms with Crippen molar-refractivity contribution in [1.82, 2.24) is 4.31 Å². The standard InChI is InChI=1S/C23H31FN2O5S2/c1-17(2)26(18(3)4)33(29,30)21-11-9-19(10-12-21)15-31-22-7-5-6-8-23(22)32(27,28)16-20(24)13-14-25/h5-13,17-18H,14-16,25H2,1-4H3. The molecule has 0 amide bonds. The molecule has 0 spiro atoms. The van der Waals surface area contributed by atoms with Crippen LogP contribution in [0.25, 0.3) is 0 Å². The second-order valence-corrected chi connectivity index (χ2v) is 11.8. The maximum absolute atomic E-state index is 13.8. The zero-order valence-electron chi connectivity index (χ0n) is 19.2. The lowest BCUT2D eigenvalue weighted by Gasteiger charge is -2.29. The first-order valence-electron chi connectivity index (χ1n) is 10.5. The van der Waals surface area contributed by atoms with Crippen LogP contribution in [0.15, 0.2) is 70.2 Å². The minimum atomic E-state index is -3.98. The van der Waals surface area contributed by atoms with Crippen LogP contribution in [0.1, 0.15) is 33.3 Å². The highest BCUT2D eigenvalue weighted by Gasteiger charge is 2.29. The zero-order chi connectivity index (χ0) is 24.8. The topological polar surface area (TPSA) is 107 Å². The van der Waals surface area contributed by atoms with Gasteiger partial charge in [0.25, 0.3) is 0 Å². The van der Waals surface area contributed by atoms with Crippen LogP contribution >= 0.6 is 0 Å². The summed E-state index contributed by atoms with van der Waals surface area (Å²) in [5.74, 6) is -1.55. The van der Waals surface area contributed by atoms with E-state index in [9.17, 15) is 21.2 Å². The molecule has 0 heterocycles. The van der Waals surface area contributed by atoms with E-state index in [4.69, 9.17) is 10.5 Å². The van der Waals surface area contributed by atoms with Crippen LogP contribution in [0.3, 0.4) is 0 Å². The summed E-state index contributed by atoms with van der Waals surface area (Å²) in [5, 5.41) is 0. The molecular formula is C23H31FN2O5S2. The van der Waals surface area contributed by atoms with E-state index in [1.807, 2.05) is 27.7 Å². The summed E-state index contributed by atoms with van der Waals surface area (Å²) < 4.78 is 72.1. The highest BCUT2D eigenvalue weighted by molar-refractivity contribution is 7.91. The summed E-state index contributed by atoms with van der Waals surface area (Å²) in [6.07, 6.45) is 1.01. The van der Waals surface area contributed by atoms with Crippen molar-refractivity contribution in [2.45, 2.75) is 56.2 Å². The Kier molecular flexibility index (Phi) is 9.19. The van der Waals surface area contributed by atoms with Gasteiger partial charge in [-0.05, 0) is 63.6 Å². The Morgan fingerprint density at radius 1 is 1.00 bits per heavy atom. The van der Waals surface area contributed by atoms with Gasteiger partial charge in [-0.25, -0.2) is 21.2 Å². The summed E-state index contributed by atoms with van der Waals surface area (Å²) >= 11 is 0. The highest BCUT2D eigenvalue weighted by atomic mass is 32.2. The van der Waals surface area contributed by atoms with E-state index >= 15 is 0 Å². The predicted molar refractivity (Wildman–Crippen MR) is 127 cm³/mol. The molecule has 0 radical (unpaired) electrons. The van der Waals surface area contributed by atoms with Gasteiger partial charge in [-0.3, -0.25) is 0 Å². The summed E-state index contributed by atoms with van der Waals surface area (Å²) in [5.41, 5.74) is 5.89. The van der Waals surface area contributed by atoms with Gasteiger partial charge >= 0.3 is 0 Å². The normalized spacial score (nSPS) is 13.2. The number of para-hydroxylation sites is 1. The Morgan fingerprint density at radius 3 is 2.12 bits per heavy atom. The molecule has 2 aromatic carbocycles. The zero-order valence-corrected chi connectivity index (χ0v) is 20.9. The molecular weight excluding hydrogens is 467 g/mol. The molecule has 2 rings (SSSR count). The maximum Gasteiger partial charge on any atom is 0.243 e. The molecule has 0 fully saturated rings. The fourth-order valence-electron chi connectivity index (χ4n) is 3.46. The van der Waals surface area contributed by atoms with Gasteiger partial charge in [0.1, 0.15) is 28.8 Å². The number of hydrogen-bond acceptors (Lipinski definition) is 6. The summed E-state index contributed by atoms with van der Waals surface area (Å²) in [7, 11) is -7.64. The average molecular weight is 499 g/mol. The average Bonchev–Trinajstić information content (AvgIpc) is 2.71. The molecule has 0 aromatic heterocycles. The van der Waals surface area contributed by atoms with E-state index in [1.165, 1.54) is 34.6 Å². The molecule has 7 nitrogen and oxygen atoms in total. The molecule has 2 aromatic rings. The van der Waals surface area contributed by atoms with E-state index in [0.29, 0.717) is 5.56 Å². The Labute approximate surface area is 196 Å². The number of hydrogen-bond donors (Lipinski definition) is 1. The van der Waals surface area contributed by atoms with Gasteiger partial charge in [0.15, 0.2) is 9.84 Å². The van der Waals surface area contributed by atoms with Gasteiger partial charge in [-0.1, -0.05) is 24.3 Å². The molecule has 0 saturated heterocycles. The van der Waals surface area contributed by atoms with E-state index in [0.717, 1.165) is 6.08 Å². The van der Waals surface area contributed by atoms with E-state index in [-0.39, 0.29) is 40.8 Å². The van der Waals surface area contributed by atoms with Crippen molar-refractivity contribution in [3.05, 3.63) is 66.0 Å². The Hall–Kier alpha value is -2.27. The molecule has 10 heteroatoms. The van der Waals surface area contributed by atoms with Crippen molar-refractivity contribution in [3.8, 4) is 5.75 Å². The molecule has 0 aliphatic rings. The lowest BCUT2D eigenvalue weighted by Crippen LogP contribution is -2.41. The molecule has 0 unspecified atom stereocenters. The molecule has 0 aliphatic carbocycles. The maximum atomic E-state index is 13.8. The van der Waals surface area contributed by atoms with Gasteiger partial charge in [-0.15, -0.1) is 0 Å². The van der Waals surface area contributed by atoms with E-state index in [2.05, 4.69) is 0 Å². The fourth-order valence-corrected chi connectivity index (χ4v) is 6.65. The van der Waals surface area contributed by atoms with Crippen molar-refractivity contribution in [1.29, 1.82) is 0 Å². The lowest BCUT2D eigenvalue weighted by molar-refractivity contribution is 0.297. The first kappa shape index (κ1) is 27.0. The van der Waals surface area contributed by atoms with Crippen LogP contribution in [-0.2, 0) is 26.5 Å². The van der Waals surface area contributed by atoms with Gasteiger partial charge < -0.3 is 10.5 Å². The second kappa shape index (κ2) is 11.2. The molecule has 0 saturated carbocycles. The lowest BCUT2D eigenvalue weighted by atomic mass is 10.2. The smallest absolute Gasteiger partial charge is 0.243 e. The Balaban J connectivity index is 2.22. The Morgan fingerprint density at radius 2 is 1.58 bits per heavy atom. The van der Waals surface area contributed by atoms with Crippen LogP contribution in [0.4, 0.5) is 4.39 Å². The van der Waals surface area contributed by atoms with Gasteiger partial charge in [-0.2, -0.15) is 4.31 Å². The van der Waals surface area contributed by atoms with Crippen molar-refractivity contribution in [2.24, 2.45) is 5.73 Å². The number of rotatable bonds is 11. The SMILES string of the molecule is CC(C)N(C(C)C)S(=O)(=O)c1ccc(COc2ccccc2S(=O)(=O)CC(F)=CCN)cc1. The van der Waals surface area contributed by atoms with Crippen molar-refractivity contribution >= 4 is 19.9 Å². The van der Waals surface area contributed by atoms with Crippen LogP contribution in [-0.4, -0.2) is 45.5 Å².